The van der Waals surface area contributed by atoms with E-state index >= 15 is 0 Å². The molecule has 0 bridgehead atoms. The fourth-order valence-electron chi connectivity index (χ4n) is 4.22. The van der Waals surface area contributed by atoms with Gasteiger partial charge in [-0.15, -0.1) is 0 Å². The molecule has 9 nitrogen and oxygen atoms in total. The number of nitrogen functional groups attached to an aromatic ring is 2. The van der Waals surface area contributed by atoms with Gasteiger partial charge in [-0.1, -0.05) is 23.4 Å². The van der Waals surface area contributed by atoms with E-state index in [1.165, 1.54) is 10.8 Å². The number of nitrogens with zero attached hydrogens (tertiary/aromatic N) is 4. The second kappa shape index (κ2) is 7.92. The molecule has 0 aromatic carbocycles. The molecule has 2 aromatic rings. The maximum Gasteiger partial charge on any atom is 0.270 e. The van der Waals surface area contributed by atoms with E-state index in [0.29, 0.717) is 27.4 Å². The zero-order chi connectivity index (χ0) is 21.6. The SMILES string of the molecule is C[C@@H]1OCC2(CCN(c3nc(N)c(Sc4ccnc(N)c4Cl)c(=O)n3C)CC2)[C@@H]1N. The van der Waals surface area contributed by atoms with Crippen LogP contribution >= 0.6 is 23.4 Å². The summed E-state index contributed by atoms with van der Waals surface area (Å²) in [5, 5.41) is 0.290. The largest absolute Gasteiger partial charge is 0.382 e. The minimum absolute atomic E-state index is 0.00581. The van der Waals surface area contributed by atoms with Crippen LogP contribution in [-0.4, -0.2) is 46.4 Å². The third kappa shape index (κ3) is 3.51. The van der Waals surface area contributed by atoms with E-state index in [-0.39, 0.29) is 34.8 Å². The van der Waals surface area contributed by atoms with Crippen molar-refractivity contribution in [1.29, 1.82) is 0 Å². The van der Waals surface area contributed by atoms with Crippen molar-refractivity contribution in [3.8, 4) is 0 Å². The van der Waals surface area contributed by atoms with Gasteiger partial charge < -0.3 is 26.8 Å². The molecule has 0 radical (unpaired) electrons. The summed E-state index contributed by atoms with van der Waals surface area (Å²) >= 11 is 7.36. The number of pyridine rings is 1. The van der Waals surface area contributed by atoms with Crippen molar-refractivity contribution in [3.63, 3.8) is 0 Å². The predicted octanol–water partition coefficient (Wildman–Crippen LogP) is 1.48. The summed E-state index contributed by atoms with van der Waals surface area (Å²) in [5.41, 5.74) is 18.1. The normalized spacial score (nSPS) is 23.3. The molecule has 2 fully saturated rings. The molecule has 11 heteroatoms. The lowest BCUT2D eigenvalue weighted by atomic mass is 9.73. The fourth-order valence-corrected chi connectivity index (χ4v) is 5.36. The quantitative estimate of drug-likeness (QED) is 0.633. The Bertz CT molecular complexity index is 1020. The van der Waals surface area contributed by atoms with Gasteiger partial charge in [-0.2, -0.15) is 4.98 Å². The third-order valence-electron chi connectivity index (χ3n) is 6.23. The van der Waals surface area contributed by atoms with Gasteiger partial charge in [0.2, 0.25) is 5.95 Å². The molecule has 2 aliphatic heterocycles. The highest BCUT2D eigenvalue weighted by Gasteiger charge is 2.47. The van der Waals surface area contributed by atoms with Gasteiger partial charge in [0, 0.05) is 42.7 Å². The maximum atomic E-state index is 13.1. The van der Waals surface area contributed by atoms with E-state index in [4.69, 9.17) is 33.5 Å². The van der Waals surface area contributed by atoms with Crippen molar-refractivity contribution in [3.05, 3.63) is 27.6 Å². The molecule has 0 aliphatic carbocycles. The van der Waals surface area contributed by atoms with Crippen LogP contribution in [0.5, 0.6) is 0 Å². The molecule has 2 atom stereocenters. The number of piperidine rings is 1. The molecule has 0 unspecified atom stereocenters. The topological polar surface area (TPSA) is 138 Å². The summed E-state index contributed by atoms with van der Waals surface area (Å²) in [4.78, 5) is 24.5. The molecule has 4 rings (SSSR count). The first-order chi connectivity index (χ1) is 14.2. The molecular weight excluding hydrogens is 426 g/mol. The Morgan fingerprint density at radius 1 is 1.30 bits per heavy atom. The van der Waals surface area contributed by atoms with Crippen molar-refractivity contribution in [1.82, 2.24) is 14.5 Å². The van der Waals surface area contributed by atoms with E-state index in [2.05, 4.69) is 14.9 Å². The zero-order valence-electron chi connectivity index (χ0n) is 17.0. The molecule has 2 saturated heterocycles. The first-order valence-electron chi connectivity index (χ1n) is 9.80. The number of ether oxygens (including phenoxy) is 1. The van der Waals surface area contributed by atoms with Gasteiger partial charge in [-0.25, -0.2) is 4.98 Å². The van der Waals surface area contributed by atoms with E-state index in [0.717, 1.165) is 37.7 Å². The zero-order valence-corrected chi connectivity index (χ0v) is 18.5. The lowest BCUT2D eigenvalue weighted by molar-refractivity contribution is 0.0973. The van der Waals surface area contributed by atoms with E-state index in [1.54, 1.807) is 13.1 Å². The first kappa shape index (κ1) is 21.2. The maximum absolute atomic E-state index is 13.1. The second-order valence-electron chi connectivity index (χ2n) is 7.99. The predicted molar refractivity (Wildman–Crippen MR) is 119 cm³/mol. The molecule has 0 saturated carbocycles. The number of hydrogen-bond acceptors (Lipinski definition) is 9. The van der Waals surface area contributed by atoms with Crippen LogP contribution in [0.25, 0.3) is 0 Å². The standard InChI is InChI=1S/C19H26ClN7O2S/c1-10-14(21)19(9-29-10)4-7-27(8-5-19)18-25-16(23)13(17(28)26(18)2)30-11-3-6-24-15(22)12(11)20/h3,6,10,14H,4-5,7-9,21,23H2,1-2H3,(H2,22,24)/t10-,14+/m0/s1. The molecule has 4 heterocycles. The van der Waals surface area contributed by atoms with Crippen LogP contribution in [0.1, 0.15) is 19.8 Å². The summed E-state index contributed by atoms with van der Waals surface area (Å²) < 4.78 is 7.32. The lowest BCUT2D eigenvalue weighted by Crippen LogP contribution is -2.51. The lowest BCUT2D eigenvalue weighted by Gasteiger charge is -2.41. The Labute approximate surface area is 183 Å². The number of hydrogen-bond donors (Lipinski definition) is 3. The van der Waals surface area contributed by atoms with Crippen LogP contribution < -0.4 is 27.7 Å². The fraction of sp³-hybridized carbons (Fsp3) is 0.526. The van der Waals surface area contributed by atoms with Crippen LogP contribution in [-0.2, 0) is 11.8 Å². The highest BCUT2D eigenvalue weighted by Crippen LogP contribution is 2.42. The van der Waals surface area contributed by atoms with Gasteiger partial charge in [-0.3, -0.25) is 9.36 Å². The van der Waals surface area contributed by atoms with Gasteiger partial charge in [-0.05, 0) is 25.8 Å². The van der Waals surface area contributed by atoms with Crippen molar-refractivity contribution >= 4 is 40.9 Å². The first-order valence-corrected chi connectivity index (χ1v) is 11.0. The molecule has 1 spiro atoms. The molecule has 6 N–H and O–H groups in total. The van der Waals surface area contributed by atoms with Crippen LogP contribution in [0.15, 0.2) is 26.8 Å². The average molecular weight is 452 g/mol. The third-order valence-corrected chi connectivity index (χ3v) is 7.89. The van der Waals surface area contributed by atoms with Crippen LogP contribution in [0, 0.1) is 5.41 Å². The Kier molecular flexibility index (Phi) is 5.60. The number of aromatic nitrogens is 3. The smallest absolute Gasteiger partial charge is 0.270 e. The number of nitrogens with two attached hydrogens (primary N) is 3. The van der Waals surface area contributed by atoms with E-state index in [9.17, 15) is 4.79 Å². The molecule has 2 aliphatic rings. The van der Waals surface area contributed by atoms with Crippen LogP contribution in [0.3, 0.4) is 0 Å². The number of halogens is 1. The van der Waals surface area contributed by atoms with E-state index < -0.39 is 0 Å². The highest BCUT2D eigenvalue weighted by atomic mass is 35.5. The molecule has 2 aromatic heterocycles. The Morgan fingerprint density at radius 3 is 2.63 bits per heavy atom. The Hall–Kier alpha value is -2.01. The van der Waals surface area contributed by atoms with Gasteiger partial charge in [0.25, 0.3) is 5.56 Å². The Balaban J connectivity index is 1.58. The summed E-state index contributed by atoms with van der Waals surface area (Å²) in [6, 6.07) is 1.71. The summed E-state index contributed by atoms with van der Waals surface area (Å²) in [6.45, 7) is 4.19. The van der Waals surface area contributed by atoms with Gasteiger partial charge in [0.15, 0.2) is 0 Å². The Morgan fingerprint density at radius 2 is 2.00 bits per heavy atom. The average Bonchev–Trinajstić information content (AvgIpc) is 3.00. The van der Waals surface area contributed by atoms with Crippen molar-refractivity contribution in [2.75, 3.05) is 36.1 Å². The van der Waals surface area contributed by atoms with Crippen LogP contribution in [0.2, 0.25) is 5.02 Å². The van der Waals surface area contributed by atoms with Crippen molar-refractivity contribution < 1.29 is 4.74 Å². The molecule has 0 amide bonds. The molecular formula is C19H26ClN7O2S. The summed E-state index contributed by atoms with van der Waals surface area (Å²) in [7, 11) is 1.70. The van der Waals surface area contributed by atoms with Crippen molar-refractivity contribution in [2.24, 2.45) is 18.2 Å². The summed E-state index contributed by atoms with van der Waals surface area (Å²) in [6.07, 6.45) is 3.38. The van der Waals surface area contributed by atoms with E-state index in [1.807, 2.05) is 6.92 Å². The van der Waals surface area contributed by atoms with Gasteiger partial charge >= 0.3 is 0 Å². The van der Waals surface area contributed by atoms with Crippen LogP contribution in [0.4, 0.5) is 17.6 Å². The molecule has 30 heavy (non-hydrogen) atoms. The summed E-state index contributed by atoms with van der Waals surface area (Å²) in [5.74, 6) is 0.921. The second-order valence-corrected chi connectivity index (χ2v) is 9.42. The van der Waals surface area contributed by atoms with Gasteiger partial charge in [0.1, 0.15) is 16.5 Å². The number of anilines is 3. The highest BCUT2D eigenvalue weighted by molar-refractivity contribution is 7.99. The minimum atomic E-state index is -0.233. The minimum Gasteiger partial charge on any atom is -0.382 e. The van der Waals surface area contributed by atoms with Crippen molar-refractivity contribution in [2.45, 2.75) is 41.7 Å². The number of rotatable bonds is 3. The monoisotopic (exact) mass is 451 g/mol. The van der Waals surface area contributed by atoms with Gasteiger partial charge in [0.05, 0.1) is 17.7 Å². The molecule has 162 valence electrons.